The Kier molecular flexibility index (Phi) is 5.20. The molecule has 0 saturated carbocycles. The molecule has 3 rings (SSSR count). The zero-order valence-corrected chi connectivity index (χ0v) is 15.2. The number of halogens is 2. The molecule has 2 heterocycles. The molecule has 0 aliphatic rings. The summed E-state index contributed by atoms with van der Waals surface area (Å²) in [6, 6.07) is 6.23. The Labute approximate surface area is 153 Å². The van der Waals surface area contributed by atoms with E-state index in [0.29, 0.717) is 12.2 Å². The van der Waals surface area contributed by atoms with Crippen LogP contribution in [0.15, 0.2) is 39.5 Å². The third-order valence-electron chi connectivity index (χ3n) is 3.79. The Morgan fingerprint density at radius 2 is 2.24 bits per heavy atom. The van der Waals surface area contributed by atoms with Crippen molar-refractivity contribution < 1.29 is 13.7 Å². The zero-order chi connectivity index (χ0) is 18.0. The van der Waals surface area contributed by atoms with E-state index in [1.54, 1.807) is 24.3 Å². The van der Waals surface area contributed by atoms with Crippen LogP contribution in [0.2, 0.25) is 5.02 Å². The number of nitrogens with one attached hydrogen (secondary N) is 1. The number of amides is 1. The third kappa shape index (κ3) is 3.75. The SMILES string of the molecule is Cc1onc(-c2c(F)cccc2Cl)c1C(=O)N[C@H](C)Cc1ccsc1. The van der Waals surface area contributed by atoms with E-state index in [2.05, 4.69) is 10.5 Å². The summed E-state index contributed by atoms with van der Waals surface area (Å²) in [7, 11) is 0. The molecule has 0 fully saturated rings. The molecule has 0 bridgehead atoms. The monoisotopic (exact) mass is 378 g/mol. The lowest BCUT2D eigenvalue weighted by atomic mass is 10.0. The van der Waals surface area contributed by atoms with Gasteiger partial charge in [-0.15, -0.1) is 0 Å². The summed E-state index contributed by atoms with van der Waals surface area (Å²) in [5.41, 5.74) is 1.53. The number of carbonyl (C=O) groups excluding carboxylic acids is 1. The van der Waals surface area contributed by atoms with Gasteiger partial charge in [0.25, 0.3) is 5.91 Å². The maximum Gasteiger partial charge on any atom is 0.257 e. The molecule has 2 aromatic heterocycles. The van der Waals surface area contributed by atoms with Crippen LogP contribution in [0.25, 0.3) is 11.3 Å². The number of hydrogen-bond donors (Lipinski definition) is 1. The average molecular weight is 379 g/mol. The lowest BCUT2D eigenvalue weighted by Crippen LogP contribution is -2.34. The quantitative estimate of drug-likeness (QED) is 0.689. The molecule has 0 unspecified atom stereocenters. The predicted molar refractivity (Wildman–Crippen MR) is 96.6 cm³/mol. The molecule has 0 aliphatic heterocycles. The number of aryl methyl sites for hydroxylation is 1. The van der Waals surface area contributed by atoms with E-state index >= 15 is 0 Å². The molecule has 25 heavy (non-hydrogen) atoms. The van der Waals surface area contributed by atoms with Crippen LogP contribution in [0.3, 0.4) is 0 Å². The normalized spacial score (nSPS) is 12.2. The fourth-order valence-electron chi connectivity index (χ4n) is 2.64. The minimum atomic E-state index is -0.554. The molecule has 1 atom stereocenters. The van der Waals surface area contributed by atoms with Gasteiger partial charge in [-0.25, -0.2) is 4.39 Å². The highest BCUT2D eigenvalue weighted by Crippen LogP contribution is 2.33. The smallest absolute Gasteiger partial charge is 0.257 e. The van der Waals surface area contributed by atoms with Gasteiger partial charge in [0.15, 0.2) is 0 Å². The number of aromatic nitrogens is 1. The first-order valence-corrected chi connectivity index (χ1v) is 9.02. The van der Waals surface area contributed by atoms with Crippen molar-refractivity contribution in [1.29, 1.82) is 0 Å². The summed E-state index contributed by atoms with van der Waals surface area (Å²) in [4.78, 5) is 12.7. The number of benzene rings is 1. The molecular formula is C18H16ClFN2O2S. The molecule has 0 aliphatic carbocycles. The standard InChI is InChI=1S/C18H16ClFN2O2S/c1-10(8-12-6-7-25-9-12)21-18(23)15-11(2)24-22-17(15)16-13(19)4-3-5-14(16)20/h3-7,9-10H,8H2,1-2H3,(H,21,23)/t10-/m1/s1. The first kappa shape index (κ1) is 17.6. The summed E-state index contributed by atoms with van der Waals surface area (Å²) in [5.74, 6) is -0.605. The van der Waals surface area contributed by atoms with Gasteiger partial charge >= 0.3 is 0 Å². The summed E-state index contributed by atoms with van der Waals surface area (Å²) in [6.45, 7) is 3.53. The lowest BCUT2D eigenvalue weighted by molar-refractivity contribution is 0.0939. The average Bonchev–Trinajstić information content (AvgIpc) is 3.17. The Morgan fingerprint density at radius 3 is 2.92 bits per heavy atom. The molecule has 3 aromatic rings. The van der Waals surface area contributed by atoms with Crippen molar-refractivity contribution in [2.45, 2.75) is 26.3 Å². The molecule has 7 heteroatoms. The fraction of sp³-hybridized carbons (Fsp3) is 0.222. The highest BCUT2D eigenvalue weighted by atomic mass is 35.5. The molecular weight excluding hydrogens is 363 g/mol. The Balaban J connectivity index is 1.87. The molecule has 4 nitrogen and oxygen atoms in total. The van der Waals surface area contributed by atoms with E-state index < -0.39 is 5.82 Å². The highest BCUT2D eigenvalue weighted by molar-refractivity contribution is 7.07. The van der Waals surface area contributed by atoms with Crippen molar-refractivity contribution in [3.63, 3.8) is 0 Å². The number of carbonyl (C=O) groups is 1. The number of thiophene rings is 1. The van der Waals surface area contributed by atoms with Crippen LogP contribution in [0.5, 0.6) is 0 Å². The second-order valence-corrected chi connectivity index (χ2v) is 6.96. The van der Waals surface area contributed by atoms with E-state index in [9.17, 15) is 9.18 Å². The van der Waals surface area contributed by atoms with Crippen molar-refractivity contribution >= 4 is 28.8 Å². The van der Waals surface area contributed by atoms with Crippen molar-refractivity contribution in [1.82, 2.24) is 10.5 Å². The summed E-state index contributed by atoms with van der Waals surface area (Å²) in [5, 5.41) is 11.0. The minimum absolute atomic E-state index is 0.0663. The topological polar surface area (TPSA) is 55.1 Å². The zero-order valence-electron chi connectivity index (χ0n) is 13.7. The largest absolute Gasteiger partial charge is 0.360 e. The second-order valence-electron chi connectivity index (χ2n) is 5.77. The Bertz CT molecular complexity index is 872. The van der Waals surface area contributed by atoms with E-state index in [4.69, 9.17) is 16.1 Å². The number of rotatable bonds is 5. The molecule has 1 N–H and O–H groups in total. The van der Waals surface area contributed by atoms with Gasteiger partial charge < -0.3 is 9.84 Å². The van der Waals surface area contributed by atoms with Crippen LogP contribution in [-0.2, 0) is 6.42 Å². The van der Waals surface area contributed by atoms with E-state index in [1.807, 2.05) is 23.8 Å². The number of hydrogen-bond acceptors (Lipinski definition) is 4. The fourth-order valence-corrected chi connectivity index (χ4v) is 3.58. The molecule has 1 amide bonds. The van der Waals surface area contributed by atoms with Gasteiger partial charge in [-0.3, -0.25) is 4.79 Å². The first-order chi connectivity index (χ1) is 12.0. The minimum Gasteiger partial charge on any atom is -0.360 e. The van der Waals surface area contributed by atoms with Gasteiger partial charge in [0.1, 0.15) is 22.8 Å². The molecule has 0 radical (unpaired) electrons. The van der Waals surface area contributed by atoms with Crippen LogP contribution in [-0.4, -0.2) is 17.1 Å². The van der Waals surface area contributed by atoms with Crippen molar-refractivity contribution in [3.8, 4) is 11.3 Å². The summed E-state index contributed by atoms with van der Waals surface area (Å²) >= 11 is 7.71. The van der Waals surface area contributed by atoms with Gasteiger partial charge in [0.05, 0.1) is 10.6 Å². The highest BCUT2D eigenvalue weighted by Gasteiger charge is 2.26. The maximum atomic E-state index is 14.2. The predicted octanol–water partition coefficient (Wildman–Crippen LogP) is 4.87. The maximum absolute atomic E-state index is 14.2. The van der Waals surface area contributed by atoms with Crippen LogP contribution in [0.1, 0.15) is 28.6 Å². The van der Waals surface area contributed by atoms with Crippen molar-refractivity contribution in [2.24, 2.45) is 0 Å². The summed E-state index contributed by atoms with van der Waals surface area (Å²) in [6.07, 6.45) is 0.704. The summed E-state index contributed by atoms with van der Waals surface area (Å²) < 4.78 is 19.3. The van der Waals surface area contributed by atoms with E-state index in [-0.39, 0.29) is 33.8 Å². The van der Waals surface area contributed by atoms with Gasteiger partial charge in [-0.1, -0.05) is 22.8 Å². The molecule has 1 aromatic carbocycles. The molecule has 130 valence electrons. The lowest BCUT2D eigenvalue weighted by Gasteiger charge is -2.13. The number of nitrogens with zero attached hydrogens (tertiary/aromatic N) is 1. The van der Waals surface area contributed by atoms with Crippen LogP contribution in [0, 0.1) is 12.7 Å². The van der Waals surface area contributed by atoms with E-state index in [0.717, 1.165) is 5.56 Å². The van der Waals surface area contributed by atoms with Gasteiger partial charge in [0.2, 0.25) is 0 Å². The van der Waals surface area contributed by atoms with E-state index in [1.165, 1.54) is 12.1 Å². The van der Waals surface area contributed by atoms with Crippen LogP contribution < -0.4 is 5.32 Å². The first-order valence-electron chi connectivity index (χ1n) is 7.70. The Morgan fingerprint density at radius 1 is 1.44 bits per heavy atom. The molecule has 0 spiro atoms. The second kappa shape index (κ2) is 7.37. The van der Waals surface area contributed by atoms with Crippen molar-refractivity contribution in [2.75, 3.05) is 0 Å². The van der Waals surface area contributed by atoms with Gasteiger partial charge in [0, 0.05) is 6.04 Å². The van der Waals surface area contributed by atoms with Gasteiger partial charge in [-0.2, -0.15) is 11.3 Å². The van der Waals surface area contributed by atoms with Crippen molar-refractivity contribution in [3.05, 3.63) is 62.8 Å². The van der Waals surface area contributed by atoms with Crippen LogP contribution in [0.4, 0.5) is 4.39 Å². The van der Waals surface area contributed by atoms with Gasteiger partial charge in [-0.05, 0) is 54.8 Å². The molecule has 0 saturated heterocycles. The third-order valence-corrected chi connectivity index (χ3v) is 4.84. The Hall–Kier alpha value is -2.18. The van der Waals surface area contributed by atoms with Crippen LogP contribution >= 0.6 is 22.9 Å².